The Kier molecular flexibility index (Phi) is 5.08. The van der Waals surface area contributed by atoms with Gasteiger partial charge < -0.3 is 19.5 Å². The zero-order valence-electron chi connectivity index (χ0n) is 16.2. The van der Waals surface area contributed by atoms with Crippen molar-refractivity contribution in [2.45, 2.75) is 26.0 Å². The van der Waals surface area contributed by atoms with E-state index in [0.29, 0.717) is 24.3 Å². The Bertz CT molecular complexity index is 1050. The molecule has 1 aliphatic rings. The SMILES string of the molecule is Cc1nc2cc(C(=O)NC3CCN(c4ccccc4OC(F)F)C3)ccc2n1C. The number of ether oxygens (including phenoxy) is 1. The van der Waals surface area contributed by atoms with Gasteiger partial charge in [-0.25, -0.2) is 4.98 Å². The predicted octanol–water partition coefficient (Wildman–Crippen LogP) is 3.49. The van der Waals surface area contributed by atoms with Crippen LogP contribution in [0, 0.1) is 6.92 Å². The summed E-state index contributed by atoms with van der Waals surface area (Å²) in [5, 5.41) is 3.04. The predicted molar refractivity (Wildman–Crippen MR) is 107 cm³/mol. The topological polar surface area (TPSA) is 59.4 Å². The molecule has 6 nitrogen and oxygen atoms in total. The highest BCUT2D eigenvalue weighted by Gasteiger charge is 2.27. The summed E-state index contributed by atoms with van der Waals surface area (Å²) in [6.45, 7) is 0.217. The lowest BCUT2D eigenvalue weighted by atomic mass is 10.1. The summed E-state index contributed by atoms with van der Waals surface area (Å²) in [6.07, 6.45) is 0.722. The maximum absolute atomic E-state index is 12.7. The fourth-order valence-electron chi connectivity index (χ4n) is 3.74. The molecule has 0 saturated carbocycles. The van der Waals surface area contributed by atoms with Gasteiger partial charge in [-0.1, -0.05) is 12.1 Å². The van der Waals surface area contributed by atoms with Crippen LogP contribution in [-0.2, 0) is 7.05 Å². The van der Waals surface area contributed by atoms with Crippen molar-refractivity contribution in [1.29, 1.82) is 0 Å². The maximum atomic E-state index is 12.7. The van der Waals surface area contributed by atoms with Crippen molar-refractivity contribution in [2.75, 3.05) is 18.0 Å². The van der Waals surface area contributed by atoms with E-state index in [2.05, 4.69) is 15.0 Å². The van der Waals surface area contributed by atoms with Crippen LogP contribution in [0.3, 0.4) is 0 Å². The Morgan fingerprint density at radius 2 is 2.07 bits per heavy atom. The molecule has 2 aromatic carbocycles. The zero-order valence-corrected chi connectivity index (χ0v) is 16.2. The molecule has 1 aromatic heterocycles. The molecule has 1 fully saturated rings. The second kappa shape index (κ2) is 7.69. The normalized spacial score (nSPS) is 16.6. The van der Waals surface area contributed by atoms with Gasteiger partial charge >= 0.3 is 6.61 Å². The maximum Gasteiger partial charge on any atom is 0.387 e. The molecule has 1 atom stereocenters. The molecule has 152 valence electrons. The third-order valence-corrected chi connectivity index (χ3v) is 5.31. The number of imidazole rings is 1. The molecule has 29 heavy (non-hydrogen) atoms. The van der Waals surface area contributed by atoms with Crippen molar-refractivity contribution in [3.63, 3.8) is 0 Å². The van der Waals surface area contributed by atoms with Crippen LogP contribution in [0.4, 0.5) is 14.5 Å². The highest BCUT2D eigenvalue weighted by atomic mass is 19.3. The lowest BCUT2D eigenvalue weighted by Crippen LogP contribution is -2.37. The van der Waals surface area contributed by atoms with Gasteiger partial charge in [-0.05, 0) is 43.7 Å². The minimum absolute atomic E-state index is 0.0803. The third kappa shape index (κ3) is 3.87. The second-order valence-electron chi connectivity index (χ2n) is 7.17. The van der Waals surface area contributed by atoms with Gasteiger partial charge in [0.1, 0.15) is 11.6 Å². The van der Waals surface area contributed by atoms with Crippen molar-refractivity contribution in [3.05, 3.63) is 53.9 Å². The number of anilines is 1. The summed E-state index contributed by atoms with van der Waals surface area (Å²) in [4.78, 5) is 19.1. The van der Waals surface area contributed by atoms with Crippen molar-refractivity contribution >= 4 is 22.6 Å². The fourth-order valence-corrected chi connectivity index (χ4v) is 3.74. The molecule has 0 bridgehead atoms. The summed E-state index contributed by atoms with van der Waals surface area (Å²) in [6, 6.07) is 12.1. The van der Waals surface area contributed by atoms with Crippen molar-refractivity contribution in [2.24, 2.45) is 7.05 Å². The van der Waals surface area contributed by atoms with E-state index >= 15 is 0 Å². The van der Waals surface area contributed by atoms with Gasteiger partial charge in [-0.2, -0.15) is 8.78 Å². The number of halogens is 2. The number of aromatic nitrogens is 2. The molecule has 1 N–H and O–H groups in total. The first-order valence-corrected chi connectivity index (χ1v) is 9.45. The Labute approximate surface area is 167 Å². The number of carbonyl (C=O) groups excluding carboxylic acids is 1. The molecule has 1 amide bonds. The number of hydrogen-bond donors (Lipinski definition) is 1. The number of hydrogen-bond acceptors (Lipinski definition) is 4. The second-order valence-corrected chi connectivity index (χ2v) is 7.17. The van der Waals surface area contributed by atoms with Crippen LogP contribution in [0.1, 0.15) is 22.6 Å². The minimum atomic E-state index is -2.88. The fraction of sp³-hybridized carbons (Fsp3) is 0.333. The van der Waals surface area contributed by atoms with E-state index in [1.807, 2.05) is 29.5 Å². The van der Waals surface area contributed by atoms with E-state index in [4.69, 9.17) is 0 Å². The summed E-state index contributed by atoms with van der Waals surface area (Å²) < 4.78 is 31.9. The summed E-state index contributed by atoms with van der Waals surface area (Å²) in [5.41, 5.74) is 2.91. The first-order chi connectivity index (χ1) is 13.9. The average molecular weight is 400 g/mol. The molecular weight excluding hydrogens is 378 g/mol. The number of aryl methyl sites for hydroxylation is 2. The van der Waals surface area contributed by atoms with Crippen LogP contribution in [0.25, 0.3) is 11.0 Å². The van der Waals surface area contributed by atoms with Crippen molar-refractivity contribution in [3.8, 4) is 5.75 Å². The molecule has 0 aliphatic carbocycles. The summed E-state index contributed by atoms with van der Waals surface area (Å²) >= 11 is 0. The first kappa shape index (κ1) is 19.2. The lowest BCUT2D eigenvalue weighted by molar-refractivity contribution is -0.0495. The summed E-state index contributed by atoms with van der Waals surface area (Å²) in [7, 11) is 1.94. The van der Waals surface area contributed by atoms with Crippen LogP contribution in [-0.4, -0.2) is 41.2 Å². The number of carbonyl (C=O) groups is 1. The third-order valence-electron chi connectivity index (χ3n) is 5.31. The quantitative estimate of drug-likeness (QED) is 0.712. The number of rotatable bonds is 5. The van der Waals surface area contributed by atoms with E-state index in [1.165, 1.54) is 6.07 Å². The monoisotopic (exact) mass is 400 g/mol. The van der Waals surface area contributed by atoms with Gasteiger partial charge in [-0.3, -0.25) is 4.79 Å². The van der Waals surface area contributed by atoms with E-state index in [0.717, 1.165) is 23.3 Å². The van der Waals surface area contributed by atoms with Crippen molar-refractivity contribution in [1.82, 2.24) is 14.9 Å². The molecule has 8 heteroatoms. The Balaban J connectivity index is 1.45. The molecule has 0 radical (unpaired) electrons. The number of fused-ring (bicyclic) bond motifs is 1. The van der Waals surface area contributed by atoms with Crippen LogP contribution in [0.15, 0.2) is 42.5 Å². The number of alkyl halides is 2. The average Bonchev–Trinajstić information content (AvgIpc) is 3.26. The van der Waals surface area contributed by atoms with Crippen LogP contribution < -0.4 is 15.0 Å². The van der Waals surface area contributed by atoms with E-state index in [9.17, 15) is 13.6 Å². The number of nitrogens with one attached hydrogen (secondary N) is 1. The number of nitrogens with zero attached hydrogens (tertiary/aromatic N) is 3. The number of amides is 1. The molecule has 1 saturated heterocycles. The van der Waals surface area contributed by atoms with Gasteiger partial charge in [-0.15, -0.1) is 0 Å². The standard InChI is InChI=1S/C21H22F2N4O2/c1-13-24-16-11-14(7-8-17(16)26(13)2)20(28)25-15-9-10-27(12-15)18-5-3-4-6-19(18)29-21(22)23/h3-8,11,15,21H,9-10,12H2,1-2H3,(H,25,28). The van der Waals surface area contributed by atoms with Gasteiger partial charge in [0.25, 0.3) is 5.91 Å². The highest BCUT2D eigenvalue weighted by molar-refractivity contribution is 5.97. The Morgan fingerprint density at radius 1 is 1.28 bits per heavy atom. The molecule has 2 heterocycles. The molecular formula is C21H22F2N4O2. The minimum Gasteiger partial charge on any atom is -0.433 e. The van der Waals surface area contributed by atoms with Gasteiger partial charge in [0, 0.05) is 31.7 Å². The Hall–Kier alpha value is -3.16. The largest absolute Gasteiger partial charge is 0.433 e. The van der Waals surface area contributed by atoms with Crippen molar-refractivity contribution < 1.29 is 18.3 Å². The van der Waals surface area contributed by atoms with Gasteiger partial charge in [0.15, 0.2) is 0 Å². The molecule has 0 spiro atoms. The van der Waals surface area contributed by atoms with Crippen LogP contribution in [0.5, 0.6) is 5.75 Å². The lowest BCUT2D eigenvalue weighted by Gasteiger charge is -2.22. The smallest absolute Gasteiger partial charge is 0.387 e. The number of benzene rings is 2. The van der Waals surface area contributed by atoms with Crippen LogP contribution in [0.2, 0.25) is 0 Å². The molecule has 3 aromatic rings. The molecule has 1 aliphatic heterocycles. The zero-order chi connectivity index (χ0) is 20.5. The van der Waals surface area contributed by atoms with E-state index < -0.39 is 6.61 Å². The first-order valence-electron chi connectivity index (χ1n) is 9.45. The molecule has 1 unspecified atom stereocenters. The molecule has 4 rings (SSSR count). The van der Waals surface area contributed by atoms with E-state index in [1.54, 1.807) is 30.3 Å². The summed E-state index contributed by atoms with van der Waals surface area (Å²) in [5.74, 6) is 0.860. The van der Waals surface area contributed by atoms with E-state index in [-0.39, 0.29) is 17.7 Å². The van der Waals surface area contributed by atoms with Gasteiger partial charge in [0.2, 0.25) is 0 Å². The number of para-hydroxylation sites is 2. The van der Waals surface area contributed by atoms with Gasteiger partial charge in [0.05, 0.1) is 16.7 Å². The highest BCUT2D eigenvalue weighted by Crippen LogP contribution is 2.31. The van der Waals surface area contributed by atoms with Crippen LogP contribution >= 0.6 is 0 Å². The Morgan fingerprint density at radius 3 is 2.86 bits per heavy atom.